The van der Waals surface area contributed by atoms with Crippen molar-refractivity contribution < 1.29 is 4.74 Å². The molecule has 1 aliphatic rings. The van der Waals surface area contributed by atoms with Gasteiger partial charge < -0.3 is 4.74 Å². The first kappa shape index (κ1) is 11.4. The Kier molecular flexibility index (Phi) is 5.18. The maximum Gasteiger partial charge on any atom is 0.0571 e. The van der Waals surface area contributed by atoms with E-state index in [1.165, 1.54) is 31.4 Å². The Hall–Kier alpha value is 0.310. The molecule has 1 fully saturated rings. The predicted molar refractivity (Wildman–Crippen MR) is 60.3 cm³/mol. The van der Waals surface area contributed by atoms with Crippen LogP contribution in [0.15, 0.2) is 0 Å². The van der Waals surface area contributed by atoms with Crippen LogP contribution in [0.5, 0.6) is 0 Å². The van der Waals surface area contributed by atoms with Gasteiger partial charge in [-0.05, 0) is 42.6 Å². The van der Waals surface area contributed by atoms with Crippen molar-refractivity contribution in [1.29, 1.82) is 0 Å². The van der Waals surface area contributed by atoms with Gasteiger partial charge in [0, 0.05) is 7.11 Å². The van der Waals surface area contributed by atoms with E-state index >= 15 is 0 Å². The zero-order chi connectivity index (χ0) is 9.68. The van der Waals surface area contributed by atoms with Gasteiger partial charge in [0.25, 0.3) is 0 Å². The number of ether oxygens (including phenoxy) is 1. The predicted octanol–water partition coefficient (Wildman–Crippen LogP) is 3.33. The molecule has 0 atom stereocenters. The molecule has 78 valence electrons. The van der Waals surface area contributed by atoms with Gasteiger partial charge in [0.05, 0.1) is 6.10 Å². The minimum Gasteiger partial charge on any atom is -0.381 e. The maximum atomic E-state index is 5.36. The van der Waals surface area contributed by atoms with Crippen LogP contribution in [0.3, 0.4) is 0 Å². The zero-order valence-corrected chi connectivity index (χ0v) is 9.90. The monoisotopic (exact) mass is 202 g/mol. The van der Waals surface area contributed by atoms with Crippen molar-refractivity contribution in [2.45, 2.75) is 50.9 Å². The highest BCUT2D eigenvalue weighted by Crippen LogP contribution is 2.29. The average Bonchev–Trinajstić information content (AvgIpc) is 2.15. The highest BCUT2D eigenvalue weighted by atomic mass is 32.2. The van der Waals surface area contributed by atoms with Gasteiger partial charge in [-0.3, -0.25) is 0 Å². The molecule has 0 bridgehead atoms. The summed E-state index contributed by atoms with van der Waals surface area (Å²) in [6.45, 7) is 4.57. The van der Waals surface area contributed by atoms with Crippen LogP contribution in [0.4, 0.5) is 0 Å². The second-order valence-corrected chi connectivity index (χ2v) is 5.87. The lowest BCUT2D eigenvalue weighted by molar-refractivity contribution is 0.0599. The summed E-state index contributed by atoms with van der Waals surface area (Å²) < 4.78 is 5.36. The maximum absolute atomic E-state index is 5.36. The van der Waals surface area contributed by atoms with Crippen LogP contribution in [-0.4, -0.2) is 24.2 Å². The molecule has 0 N–H and O–H groups in total. The van der Waals surface area contributed by atoms with Crippen molar-refractivity contribution >= 4 is 11.8 Å². The van der Waals surface area contributed by atoms with Gasteiger partial charge in [0.1, 0.15) is 0 Å². The lowest BCUT2D eigenvalue weighted by Gasteiger charge is -2.27. The van der Waals surface area contributed by atoms with Crippen LogP contribution in [0, 0.1) is 5.92 Å². The van der Waals surface area contributed by atoms with Gasteiger partial charge in [-0.1, -0.05) is 13.8 Å². The third-order valence-corrected chi connectivity index (χ3v) is 4.12. The van der Waals surface area contributed by atoms with Gasteiger partial charge in [0.15, 0.2) is 0 Å². The molecule has 0 aliphatic heterocycles. The normalized spacial score (nSPS) is 29.5. The van der Waals surface area contributed by atoms with E-state index in [-0.39, 0.29) is 0 Å². The van der Waals surface area contributed by atoms with Crippen LogP contribution in [0.1, 0.15) is 39.5 Å². The van der Waals surface area contributed by atoms with Crippen molar-refractivity contribution in [3.63, 3.8) is 0 Å². The third-order valence-electron chi connectivity index (χ3n) is 2.79. The Balaban J connectivity index is 2.10. The molecule has 1 saturated carbocycles. The van der Waals surface area contributed by atoms with E-state index in [9.17, 15) is 0 Å². The van der Waals surface area contributed by atoms with Crippen LogP contribution in [-0.2, 0) is 4.74 Å². The van der Waals surface area contributed by atoms with E-state index in [4.69, 9.17) is 4.74 Å². The Morgan fingerprint density at radius 1 is 1.23 bits per heavy atom. The first-order valence-corrected chi connectivity index (χ1v) is 6.41. The van der Waals surface area contributed by atoms with Crippen LogP contribution in [0.2, 0.25) is 0 Å². The smallest absolute Gasteiger partial charge is 0.0571 e. The second kappa shape index (κ2) is 5.92. The number of rotatable bonds is 4. The van der Waals surface area contributed by atoms with Crippen molar-refractivity contribution in [2.75, 3.05) is 12.9 Å². The summed E-state index contributed by atoms with van der Waals surface area (Å²) in [6.07, 6.45) is 5.86. The lowest BCUT2D eigenvalue weighted by atomic mass is 9.89. The Morgan fingerprint density at radius 2 is 1.85 bits per heavy atom. The molecule has 0 aromatic heterocycles. The molecular formula is C11H22OS. The minimum absolute atomic E-state index is 0.556. The molecule has 0 amide bonds. The number of hydrogen-bond acceptors (Lipinski definition) is 2. The summed E-state index contributed by atoms with van der Waals surface area (Å²) in [6, 6.07) is 0. The molecule has 0 heterocycles. The third kappa shape index (κ3) is 4.37. The molecule has 0 spiro atoms. The van der Waals surface area contributed by atoms with Crippen LogP contribution in [0.25, 0.3) is 0 Å². The van der Waals surface area contributed by atoms with E-state index in [2.05, 4.69) is 25.6 Å². The standard InChI is InChI=1S/C11H22OS/c1-9(2)13-8-10-4-6-11(12-3)7-5-10/h9-11H,4-8H2,1-3H3. The topological polar surface area (TPSA) is 9.23 Å². The van der Waals surface area contributed by atoms with Gasteiger partial charge in [-0.15, -0.1) is 0 Å². The van der Waals surface area contributed by atoms with Crippen molar-refractivity contribution in [3.05, 3.63) is 0 Å². The van der Waals surface area contributed by atoms with Crippen molar-refractivity contribution in [1.82, 2.24) is 0 Å². The fraction of sp³-hybridized carbons (Fsp3) is 1.00. The highest BCUT2D eigenvalue weighted by molar-refractivity contribution is 7.99. The van der Waals surface area contributed by atoms with E-state index in [1.54, 1.807) is 0 Å². The summed E-state index contributed by atoms with van der Waals surface area (Å²) in [5.74, 6) is 2.31. The largest absolute Gasteiger partial charge is 0.381 e. The molecule has 1 rings (SSSR count). The summed E-state index contributed by atoms with van der Waals surface area (Å²) in [5, 5.41) is 0.792. The second-order valence-electron chi connectivity index (χ2n) is 4.26. The summed E-state index contributed by atoms with van der Waals surface area (Å²) in [4.78, 5) is 0. The summed E-state index contributed by atoms with van der Waals surface area (Å²) in [5.41, 5.74) is 0. The Bertz CT molecular complexity index is 128. The van der Waals surface area contributed by atoms with Gasteiger partial charge in [-0.2, -0.15) is 11.8 Å². The number of thioether (sulfide) groups is 1. The zero-order valence-electron chi connectivity index (χ0n) is 9.08. The van der Waals surface area contributed by atoms with E-state index < -0.39 is 0 Å². The molecular weight excluding hydrogens is 180 g/mol. The SMILES string of the molecule is COC1CCC(CSC(C)C)CC1. The fourth-order valence-electron chi connectivity index (χ4n) is 1.86. The molecule has 13 heavy (non-hydrogen) atoms. The summed E-state index contributed by atoms with van der Waals surface area (Å²) in [7, 11) is 1.84. The van der Waals surface area contributed by atoms with Crippen molar-refractivity contribution in [2.24, 2.45) is 5.92 Å². The van der Waals surface area contributed by atoms with Crippen LogP contribution < -0.4 is 0 Å². The van der Waals surface area contributed by atoms with Gasteiger partial charge in [0.2, 0.25) is 0 Å². The van der Waals surface area contributed by atoms with Crippen LogP contribution >= 0.6 is 11.8 Å². The molecule has 0 radical (unpaired) electrons. The molecule has 0 unspecified atom stereocenters. The minimum atomic E-state index is 0.556. The van der Waals surface area contributed by atoms with Crippen molar-refractivity contribution in [3.8, 4) is 0 Å². The molecule has 2 heteroatoms. The Labute approximate surface area is 86.6 Å². The fourth-order valence-corrected chi connectivity index (χ4v) is 2.85. The molecule has 0 aromatic rings. The van der Waals surface area contributed by atoms with Gasteiger partial charge >= 0.3 is 0 Å². The van der Waals surface area contributed by atoms with Gasteiger partial charge in [-0.25, -0.2) is 0 Å². The molecule has 1 aliphatic carbocycles. The van der Waals surface area contributed by atoms with E-state index in [0.29, 0.717) is 6.10 Å². The first-order valence-electron chi connectivity index (χ1n) is 5.36. The lowest BCUT2D eigenvalue weighted by Crippen LogP contribution is -2.21. The number of methoxy groups -OCH3 is 1. The molecule has 0 saturated heterocycles. The molecule has 1 nitrogen and oxygen atoms in total. The quantitative estimate of drug-likeness (QED) is 0.691. The van der Waals surface area contributed by atoms with E-state index in [0.717, 1.165) is 11.2 Å². The number of hydrogen-bond donors (Lipinski definition) is 0. The summed E-state index contributed by atoms with van der Waals surface area (Å²) >= 11 is 2.11. The highest BCUT2D eigenvalue weighted by Gasteiger charge is 2.20. The Morgan fingerprint density at radius 3 is 2.31 bits per heavy atom. The average molecular weight is 202 g/mol. The van der Waals surface area contributed by atoms with E-state index in [1.807, 2.05) is 7.11 Å². The first-order chi connectivity index (χ1) is 6.22. The molecule has 0 aromatic carbocycles.